The van der Waals surface area contributed by atoms with E-state index in [9.17, 15) is 22.4 Å². The molecule has 1 aromatic carbocycles. The van der Waals surface area contributed by atoms with Crippen molar-refractivity contribution in [3.05, 3.63) is 35.1 Å². The highest BCUT2D eigenvalue weighted by Crippen LogP contribution is 2.30. The second-order valence-electron chi connectivity index (χ2n) is 3.68. The van der Waals surface area contributed by atoms with E-state index in [-0.39, 0.29) is 0 Å². The van der Waals surface area contributed by atoms with E-state index in [1.54, 1.807) is 13.8 Å². The van der Waals surface area contributed by atoms with Crippen LogP contribution < -0.4 is 0 Å². The maximum atomic E-state index is 12.9. The Morgan fingerprint density at radius 3 is 2.29 bits per heavy atom. The first kappa shape index (κ1) is 13.5. The average molecular weight is 250 g/mol. The molecule has 94 valence electrons. The summed E-state index contributed by atoms with van der Waals surface area (Å²) in [6.07, 6.45) is -5.19. The van der Waals surface area contributed by atoms with Crippen LogP contribution in [0.5, 0.6) is 0 Å². The van der Waals surface area contributed by atoms with Crippen LogP contribution in [0.4, 0.5) is 17.6 Å². The second kappa shape index (κ2) is 4.73. The van der Waals surface area contributed by atoms with E-state index in [0.717, 1.165) is 0 Å². The van der Waals surface area contributed by atoms with E-state index < -0.39 is 35.2 Å². The lowest BCUT2D eigenvalue weighted by Crippen LogP contribution is -2.14. The summed E-state index contributed by atoms with van der Waals surface area (Å²) in [6, 6.07) is 1.60. The molecular formula is C11H10F4O2. The number of hydrogen-bond donors (Lipinski definition) is 0. The first-order chi connectivity index (χ1) is 7.70. The third kappa shape index (κ3) is 3.72. The van der Waals surface area contributed by atoms with Crippen molar-refractivity contribution in [1.29, 1.82) is 0 Å². The molecule has 0 N–H and O–H groups in total. The molecule has 0 saturated heterocycles. The highest BCUT2D eigenvalue weighted by Gasteiger charge is 2.32. The number of alkyl halides is 3. The van der Waals surface area contributed by atoms with Gasteiger partial charge in [-0.25, -0.2) is 9.18 Å². The SMILES string of the molecule is CC(C)OC(=O)c1cc(F)cc(C(F)(F)F)c1. The molecule has 0 aliphatic heterocycles. The van der Waals surface area contributed by atoms with Gasteiger partial charge in [0, 0.05) is 0 Å². The normalized spacial score (nSPS) is 11.7. The molecule has 0 fully saturated rings. The molecule has 0 amide bonds. The topological polar surface area (TPSA) is 26.3 Å². The van der Waals surface area contributed by atoms with Crippen LogP contribution in [0.2, 0.25) is 0 Å². The molecule has 0 heterocycles. The molecule has 0 aliphatic rings. The predicted molar refractivity (Wildman–Crippen MR) is 52.0 cm³/mol. The molecular weight excluding hydrogens is 240 g/mol. The fraction of sp³-hybridized carbons (Fsp3) is 0.364. The van der Waals surface area contributed by atoms with Gasteiger partial charge >= 0.3 is 12.1 Å². The van der Waals surface area contributed by atoms with Gasteiger partial charge in [-0.3, -0.25) is 0 Å². The Kier molecular flexibility index (Phi) is 3.75. The van der Waals surface area contributed by atoms with Crippen LogP contribution in [0.15, 0.2) is 18.2 Å². The summed E-state index contributed by atoms with van der Waals surface area (Å²) in [5, 5.41) is 0. The zero-order valence-electron chi connectivity index (χ0n) is 9.14. The molecule has 0 bridgehead atoms. The van der Waals surface area contributed by atoms with Crippen molar-refractivity contribution in [3.8, 4) is 0 Å². The van der Waals surface area contributed by atoms with Gasteiger partial charge in [-0.1, -0.05) is 0 Å². The highest BCUT2D eigenvalue weighted by molar-refractivity contribution is 5.89. The molecule has 0 aromatic heterocycles. The third-order valence-corrected chi connectivity index (χ3v) is 1.80. The van der Waals surface area contributed by atoms with Crippen LogP contribution >= 0.6 is 0 Å². The number of carbonyl (C=O) groups excluding carboxylic acids is 1. The fourth-order valence-corrected chi connectivity index (χ4v) is 1.15. The molecule has 1 aromatic rings. The number of carbonyl (C=O) groups is 1. The van der Waals surface area contributed by atoms with Gasteiger partial charge in [0.15, 0.2) is 0 Å². The Bertz CT molecular complexity index is 424. The Labute approximate surface area is 95.2 Å². The zero-order chi connectivity index (χ0) is 13.2. The zero-order valence-corrected chi connectivity index (χ0v) is 9.14. The van der Waals surface area contributed by atoms with E-state index in [1.165, 1.54) is 0 Å². The lowest BCUT2D eigenvalue weighted by atomic mass is 10.1. The first-order valence-corrected chi connectivity index (χ1v) is 4.79. The number of esters is 1. The fourth-order valence-electron chi connectivity index (χ4n) is 1.15. The molecule has 1 rings (SSSR count). The van der Waals surface area contributed by atoms with Gasteiger partial charge in [0.2, 0.25) is 0 Å². The van der Waals surface area contributed by atoms with Crippen LogP contribution in [0.1, 0.15) is 29.8 Å². The Balaban J connectivity index is 3.10. The van der Waals surface area contributed by atoms with E-state index in [1.807, 2.05) is 0 Å². The summed E-state index contributed by atoms with van der Waals surface area (Å²) in [6.45, 7) is 3.09. The van der Waals surface area contributed by atoms with Crippen molar-refractivity contribution in [1.82, 2.24) is 0 Å². The summed E-state index contributed by atoms with van der Waals surface area (Å²) in [4.78, 5) is 11.3. The standard InChI is InChI=1S/C11H10F4O2/c1-6(2)17-10(16)7-3-8(11(13,14)15)5-9(12)4-7/h3-6H,1-2H3. The van der Waals surface area contributed by atoms with Crippen molar-refractivity contribution in [2.24, 2.45) is 0 Å². The van der Waals surface area contributed by atoms with Crippen LogP contribution in [0.25, 0.3) is 0 Å². The largest absolute Gasteiger partial charge is 0.459 e. The van der Waals surface area contributed by atoms with Crippen LogP contribution in [-0.4, -0.2) is 12.1 Å². The quantitative estimate of drug-likeness (QED) is 0.594. The summed E-state index contributed by atoms with van der Waals surface area (Å²) in [7, 11) is 0. The molecule has 0 atom stereocenters. The van der Waals surface area contributed by atoms with Crippen LogP contribution in [-0.2, 0) is 10.9 Å². The number of ether oxygens (including phenoxy) is 1. The summed E-state index contributed by atoms with van der Waals surface area (Å²) < 4.78 is 54.7. The molecule has 0 unspecified atom stereocenters. The van der Waals surface area contributed by atoms with Crippen molar-refractivity contribution in [2.45, 2.75) is 26.1 Å². The van der Waals surface area contributed by atoms with Gasteiger partial charge in [0.05, 0.1) is 17.2 Å². The molecule has 2 nitrogen and oxygen atoms in total. The lowest BCUT2D eigenvalue weighted by molar-refractivity contribution is -0.137. The summed E-state index contributed by atoms with van der Waals surface area (Å²) in [5.74, 6) is -2.11. The van der Waals surface area contributed by atoms with Gasteiger partial charge in [-0.2, -0.15) is 13.2 Å². The van der Waals surface area contributed by atoms with Crippen LogP contribution in [0.3, 0.4) is 0 Å². The van der Waals surface area contributed by atoms with Crippen LogP contribution in [0, 0.1) is 5.82 Å². The summed E-state index contributed by atoms with van der Waals surface area (Å²) >= 11 is 0. The van der Waals surface area contributed by atoms with E-state index >= 15 is 0 Å². The van der Waals surface area contributed by atoms with Gasteiger partial charge in [0.25, 0.3) is 0 Å². The number of rotatable bonds is 2. The molecule has 6 heteroatoms. The van der Waals surface area contributed by atoms with Gasteiger partial charge < -0.3 is 4.74 Å². The highest BCUT2D eigenvalue weighted by atomic mass is 19.4. The van der Waals surface area contributed by atoms with Gasteiger partial charge in [-0.15, -0.1) is 0 Å². The smallest absolute Gasteiger partial charge is 0.416 e. The van der Waals surface area contributed by atoms with Crippen molar-refractivity contribution < 1.29 is 27.1 Å². The predicted octanol–water partition coefficient (Wildman–Crippen LogP) is 3.41. The van der Waals surface area contributed by atoms with Gasteiger partial charge in [0.1, 0.15) is 5.82 Å². The van der Waals surface area contributed by atoms with Crippen molar-refractivity contribution >= 4 is 5.97 Å². The third-order valence-electron chi connectivity index (χ3n) is 1.80. The Morgan fingerprint density at radius 1 is 1.24 bits per heavy atom. The summed E-state index contributed by atoms with van der Waals surface area (Å²) in [5.41, 5.74) is -1.67. The second-order valence-corrected chi connectivity index (χ2v) is 3.68. The minimum Gasteiger partial charge on any atom is -0.459 e. The number of halogens is 4. The molecule has 17 heavy (non-hydrogen) atoms. The van der Waals surface area contributed by atoms with E-state index in [0.29, 0.717) is 18.2 Å². The Hall–Kier alpha value is -1.59. The average Bonchev–Trinajstić information content (AvgIpc) is 2.14. The molecule has 0 spiro atoms. The minimum absolute atomic E-state index is 0.326. The monoisotopic (exact) mass is 250 g/mol. The number of benzene rings is 1. The van der Waals surface area contributed by atoms with Crippen molar-refractivity contribution in [3.63, 3.8) is 0 Å². The van der Waals surface area contributed by atoms with E-state index in [4.69, 9.17) is 0 Å². The molecule has 0 aliphatic carbocycles. The first-order valence-electron chi connectivity index (χ1n) is 4.79. The Morgan fingerprint density at radius 2 is 1.82 bits per heavy atom. The lowest BCUT2D eigenvalue weighted by Gasteiger charge is -2.11. The maximum Gasteiger partial charge on any atom is 0.416 e. The van der Waals surface area contributed by atoms with Crippen molar-refractivity contribution in [2.75, 3.05) is 0 Å². The number of hydrogen-bond acceptors (Lipinski definition) is 2. The minimum atomic E-state index is -4.70. The molecule has 0 saturated carbocycles. The molecule has 0 radical (unpaired) electrons. The van der Waals surface area contributed by atoms with Gasteiger partial charge in [-0.05, 0) is 32.0 Å². The maximum absolute atomic E-state index is 12.9. The van der Waals surface area contributed by atoms with E-state index in [2.05, 4.69) is 4.74 Å².